The van der Waals surface area contributed by atoms with Gasteiger partial charge in [-0.05, 0) is 19.8 Å². The number of anilines is 2. The molecule has 0 aliphatic heterocycles. The number of nitrogens with zero attached hydrogens (tertiary/aromatic N) is 3. The quantitative estimate of drug-likeness (QED) is 0.784. The van der Waals surface area contributed by atoms with Crippen LogP contribution in [0.1, 0.15) is 40.0 Å². The molecule has 0 saturated carbocycles. The SMILES string of the molecule is CCCCN(c1ncnc(NC)c1OC)C(C)CC. The Labute approximate surface area is 116 Å². The minimum absolute atomic E-state index is 0.431. The standard InChI is InChI=1S/C14H26N4O/c1-6-8-9-18(11(3)7-2)14-12(19-5)13(15-4)16-10-17-14/h10-11H,6-9H2,1-5H3,(H,15,16,17). The molecular formula is C14H26N4O. The fraction of sp³-hybridized carbons (Fsp3) is 0.714. The molecule has 0 aliphatic rings. The van der Waals surface area contributed by atoms with E-state index in [1.807, 2.05) is 7.05 Å². The van der Waals surface area contributed by atoms with Crippen LogP contribution >= 0.6 is 0 Å². The van der Waals surface area contributed by atoms with Crippen molar-refractivity contribution in [1.82, 2.24) is 9.97 Å². The summed E-state index contributed by atoms with van der Waals surface area (Å²) in [6, 6.07) is 0.431. The number of ether oxygens (including phenoxy) is 1. The highest BCUT2D eigenvalue weighted by molar-refractivity contribution is 5.64. The van der Waals surface area contributed by atoms with E-state index in [4.69, 9.17) is 4.74 Å². The van der Waals surface area contributed by atoms with Gasteiger partial charge >= 0.3 is 0 Å². The van der Waals surface area contributed by atoms with Gasteiger partial charge in [-0.15, -0.1) is 0 Å². The first kappa shape index (κ1) is 15.5. The molecule has 19 heavy (non-hydrogen) atoms. The van der Waals surface area contributed by atoms with E-state index in [0.717, 1.165) is 36.8 Å². The van der Waals surface area contributed by atoms with E-state index in [1.165, 1.54) is 6.42 Å². The van der Waals surface area contributed by atoms with E-state index in [2.05, 4.69) is 41.0 Å². The third-order valence-corrected chi connectivity index (χ3v) is 3.37. The maximum atomic E-state index is 5.49. The number of methoxy groups -OCH3 is 1. The molecule has 0 spiro atoms. The lowest BCUT2D eigenvalue weighted by Gasteiger charge is -2.31. The molecule has 1 atom stereocenters. The van der Waals surface area contributed by atoms with Crippen molar-refractivity contribution in [1.29, 1.82) is 0 Å². The van der Waals surface area contributed by atoms with Crippen molar-refractivity contribution in [3.63, 3.8) is 0 Å². The average Bonchev–Trinajstić information content (AvgIpc) is 2.46. The molecule has 5 nitrogen and oxygen atoms in total. The van der Waals surface area contributed by atoms with Gasteiger partial charge in [-0.2, -0.15) is 0 Å². The van der Waals surface area contributed by atoms with E-state index in [1.54, 1.807) is 13.4 Å². The molecule has 0 bridgehead atoms. The maximum absolute atomic E-state index is 5.49. The molecule has 1 rings (SSSR count). The molecule has 5 heteroatoms. The summed E-state index contributed by atoms with van der Waals surface area (Å²) in [5.41, 5.74) is 0. The first-order chi connectivity index (χ1) is 9.19. The highest BCUT2D eigenvalue weighted by Crippen LogP contribution is 2.33. The lowest BCUT2D eigenvalue weighted by Crippen LogP contribution is -2.34. The Morgan fingerprint density at radius 2 is 2.11 bits per heavy atom. The van der Waals surface area contributed by atoms with Crippen LogP contribution < -0.4 is 15.0 Å². The number of unbranched alkanes of at least 4 members (excludes halogenated alkanes) is 1. The number of aromatic nitrogens is 2. The molecule has 1 heterocycles. The van der Waals surface area contributed by atoms with E-state index >= 15 is 0 Å². The Bertz CT molecular complexity index is 384. The highest BCUT2D eigenvalue weighted by atomic mass is 16.5. The van der Waals surface area contributed by atoms with Crippen molar-refractivity contribution in [2.24, 2.45) is 0 Å². The Balaban J connectivity index is 3.13. The lowest BCUT2D eigenvalue weighted by atomic mass is 10.2. The minimum Gasteiger partial charge on any atom is -0.490 e. The van der Waals surface area contributed by atoms with E-state index in [9.17, 15) is 0 Å². The van der Waals surface area contributed by atoms with Gasteiger partial charge in [-0.1, -0.05) is 20.3 Å². The third-order valence-electron chi connectivity index (χ3n) is 3.37. The summed E-state index contributed by atoms with van der Waals surface area (Å²) in [5.74, 6) is 2.34. The van der Waals surface area contributed by atoms with Crippen molar-refractivity contribution in [2.75, 3.05) is 30.9 Å². The van der Waals surface area contributed by atoms with Crippen LogP contribution in [0.3, 0.4) is 0 Å². The molecule has 1 aromatic rings. The second kappa shape index (κ2) is 7.81. The van der Waals surface area contributed by atoms with Crippen LogP contribution in [0.5, 0.6) is 5.75 Å². The average molecular weight is 266 g/mol. The molecule has 0 radical (unpaired) electrons. The fourth-order valence-electron chi connectivity index (χ4n) is 2.02. The zero-order valence-corrected chi connectivity index (χ0v) is 12.7. The normalized spacial score (nSPS) is 12.1. The largest absolute Gasteiger partial charge is 0.490 e. The first-order valence-corrected chi connectivity index (χ1v) is 7.02. The van der Waals surface area contributed by atoms with E-state index in [-0.39, 0.29) is 0 Å². The Kier molecular flexibility index (Phi) is 6.39. The van der Waals surface area contributed by atoms with Crippen molar-refractivity contribution < 1.29 is 4.74 Å². The Morgan fingerprint density at radius 3 is 2.63 bits per heavy atom. The molecule has 108 valence electrons. The molecule has 0 saturated heterocycles. The summed E-state index contributed by atoms with van der Waals surface area (Å²) in [6.07, 6.45) is 4.97. The molecule has 0 aliphatic carbocycles. The van der Waals surface area contributed by atoms with Crippen molar-refractivity contribution in [2.45, 2.75) is 46.1 Å². The molecule has 1 aromatic heterocycles. The van der Waals surface area contributed by atoms with Crippen molar-refractivity contribution in [3.05, 3.63) is 6.33 Å². The van der Waals surface area contributed by atoms with Gasteiger partial charge in [0.25, 0.3) is 0 Å². The van der Waals surface area contributed by atoms with Crippen molar-refractivity contribution in [3.8, 4) is 5.75 Å². The lowest BCUT2D eigenvalue weighted by molar-refractivity contribution is 0.409. The van der Waals surface area contributed by atoms with E-state index in [0.29, 0.717) is 6.04 Å². The Morgan fingerprint density at radius 1 is 1.37 bits per heavy atom. The van der Waals surface area contributed by atoms with Gasteiger partial charge in [0.15, 0.2) is 11.6 Å². The topological polar surface area (TPSA) is 50.3 Å². The van der Waals surface area contributed by atoms with Crippen molar-refractivity contribution >= 4 is 11.6 Å². The van der Waals surface area contributed by atoms with E-state index < -0.39 is 0 Å². The summed E-state index contributed by atoms with van der Waals surface area (Å²) in [6.45, 7) is 7.60. The van der Waals surface area contributed by atoms with Crippen LogP contribution in [-0.2, 0) is 0 Å². The van der Waals surface area contributed by atoms with Gasteiger partial charge < -0.3 is 15.0 Å². The molecule has 0 fully saturated rings. The molecular weight excluding hydrogens is 240 g/mol. The number of hydrogen-bond donors (Lipinski definition) is 1. The van der Waals surface area contributed by atoms with Gasteiger partial charge in [0.2, 0.25) is 5.75 Å². The third kappa shape index (κ3) is 3.72. The van der Waals surface area contributed by atoms with Gasteiger partial charge in [0, 0.05) is 19.6 Å². The monoisotopic (exact) mass is 266 g/mol. The zero-order chi connectivity index (χ0) is 14.3. The first-order valence-electron chi connectivity index (χ1n) is 7.02. The number of hydrogen-bond acceptors (Lipinski definition) is 5. The van der Waals surface area contributed by atoms with Gasteiger partial charge in [0.05, 0.1) is 7.11 Å². The second-order valence-corrected chi connectivity index (χ2v) is 4.63. The van der Waals surface area contributed by atoms with Crippen LogP contribution in [0, 0.1) is 0 Å². The minimum atomic E-state index is 0.431. The van der Waals surface area contributed by atoms with Crippen LogP contribution in [0.2, 0.25) is 0 Å². The number of nitrogens with one attached hydrogen (secondary N) is 1. The highest BCUT2D eigenvalue weighted by Gasteiger charge is 2.20. The Hall–Kier alpha value is -1.52. The summed E-state index contributed by atoms with van der Waals surface area (Å²) in [5, 5.41) is 3.05. The van der Waals surface area contributed by atoms with Crippen LogP contribution in [0.4, 0.5) is 11.6 Å². The maximum Gasteiger partial charge on any atom is 0.204 e. The van der Waals surface area contributed by atoms with Crippen LogP contribution in [0.15, 0.2) is 6.33 Å². The predicted molar refractivity (Wildman–Crippen MR) is 80.1 cm³/mol. The summed E-state index contributed by atoms with van der Waals surface area (Å²) in [4.78, 5) is 10.9. The number of rotatable bonds is 8. The smallest absolute Gasteiger partial charge is 0.204 e. The molecule has 0 amide bonds. The molecule has 1 N–H and O–H groups in total. The molecule has 0 aromatic carbocycles. The van der Waals surface area contributed by atoms with Crippen LogP contribution in [0.25, 0.3) is 0 Å². The van der Waals surface area contributed by atoms with Gasteiger partial charge in [-0.25, -0.2) is 9.97 Å². The fourth-order valence-corrected chi connectivity index (χ4v) is 2.02. The van der Waals surface area contributed by atoms with Gasteiger partial charge in [-0.3, -0.25) is 0 Å². The zero-order valence-electron chi connectivity index (χ0n) is 12.7. The summed E-state index contributed by atoms with van der Waals surface area (Å²) >= 11 is 0. The summed E-state index contributed by atoms with van der Waals surface area (Å²) < 4.78 is 5.49. The van der Waals surface area contributed by atoms with Gasteiger partial charge in [0.1, 0.15) is 6.33 Å². The predicted octanol–water partition coefficient (Wildman–Crippen LogP) is 2.93. The second-order valence-electron chi connectivity index (χ2n) is 4.63. The summed E-state index contributed by atoms with van der Waals surface area (Å²) in [7, 11) is 3.51. The van der Waals surface area contributed by atoms with Crippen LogP contribution in [-0.4, -0.2) is 36.7 Å². The molecule has 1 unspecified atom stereocenters.